The van der Waals surface area contributed by atoms with Crippen LogP contribution in [0, 0.1) is 11.8 Å². The molecular formula is C9H18N2. The monoisotopic (exact) mass is 154 g/mol. The van der Waals surface area contributed by atoms with Crippen molar-refractivity contribution < 1.29 is 0 Å². The van der Waals surface area contributed by atoms with E-state index in [2.05, 4.69) is 24.1 Å². The highest BCUT2D eigenvalue weighted by Gasteiger charge is 2.36. The second-order valence-electron chi connectivity index (χ2n) is 4.23. The molecule has 0 bridgehead atoms. The Balaban J connectivity index is 1.94. The number of fused-ring (bicyclic) bond motifs is 1. The summed E-state index contributed by atoms with van der Waals surface area (Å²) in [6.45, 7) is 9.77. The summed E-state index contributed by atoms with van der Waals surface area (Å²) >= 11 is 0. The molecule has 0 radical (unpaired) electrons. The molecule has 2 fully saturated rings. The van der Waals surface area contributed by atoms with Crippen molar-refractivity contribution in [3.8, 4) is 0 Å². The molecule has 0 aromatic heterocycles. The first kappa shape index (κ1) is 7.56. The van der Waals surface area contributed by atoms with Crippen molar-refractivity contribution >= 4 is 0 Å². The Morgan fingerprint density at radius 2 is 1.73 bits per heavy atom. The van der Waals surface area contributed by atoms with E-state index in [1.54, 1.807) is 0 Å². The predicted octanol–water partition coefficient (Wildman–Crippen LogP) is 0.546. The van der Waals surface area contributed by atoms with E-state index in [0.29, 0.717) is 0 Å². The van der Waals surface area contributed by atoms with E-state index in [1.807, 2.05) is 0 Å². The highest BCUT2D eigenvalue weighted by molar-refractivity contribution is 4.91. The average Bonchev–Trinajstić information content (AvgIpc) is 2.40. The molecule has 0 aromatic rings. The molecule has 64 valence electrons. The molecule has 2 atom stereocenters. The number of likely N-dealkylation sites (tertiary alicyclic amines) is 1. The van der Waals surface area contributed by atoms with Crippen LogP contribution in [-0.2, 0) is 0 Å². The second-order valence-corrected chi connectivity index (χ2v) is 4.23. The van der Waals surface area contributed by atoms with E-state index in [1.165, 1.54) is 26.2 Å². The van der Waals surface area contributed by atoms with Crippen LogP contribution in [0.25, 0.3) is 0 Å². The van der Waals surface area contributed by atoms with Crippen molar-refractivity contribution in [2.45, 2.75) is 19.9 Å². The van der Waals surface area contributed by atoms with E-state index >= 15 is 0 Å². The first-order chi connectivity index (χ1) is 5.27. The van der Waals surface area contributed by atoms with E-state index in [4.69, 9.17) is 0 Å². The highest BCUT2D eigenvalue weighted by atomic mass is 15.2. The average molecular weight is 154 g/mol. The fourth-order valence-corrected chi connectivity index (χ4v) is 2.31. The maximum absolute atomic E-state index is 3.46. The maximum Gasteiger partial charge on any atom is 0.00388 e. The summed E-state index contributed by atoms with van der Waals surface area (Å²) in [6.07, 6.45) is 0. The topological polar surface area (TPSA) is 15.3 Å². The Morgan fingerprint density at radius 1 is 1.18 bits per heavy atom. The summed E-state index contributed by atoms with van der Waals surface area (Å²) in [5, 5.41) is 3.46. The lowest BCUT2D eigenvalue weighted by molar-refractivity contribution is 0.256. The molecular weight excluding hydrogens is 136 g/mol. The van der Waals surface area contributed by atoms with E-state index in [9.17, 15) is 0 Å². The Labute approximate surface area is 69.0 Å². The van der Waals surface area contributed by atoms with Gasteiger partial charge in [-0.25, -0.2) is 0 Å². The van der Waals surface area contributed by atoms with Gasteiger partial charge in [-0.2, -0.15) is 0 Å². The zero-order valence-electron chi connectivity index (χ0n) is 7.51. The van der Waals surface area contributed by atoms with Gasteiger partial charge >= 0.3 is 0 Å². The number of rotatable bonds is 1. The zero-order chi connectivity index (χ0) is 7.84. The molecule has 2 aliphatic heterocycles. The fourth-order valence-electron chi connectivity index (χ4n) is 2.31. The first-order valence-corrected chi connectivity index (χ1v) is 4.72. The molecule has 11 heavy (non-hydrogen) atoms. The highest BCUT2D eigenvalue weighted by Crippen LogP contribution is 2.27. The van der Waals surface area contributed by atoms with Crippen molar-refractivity contribution in [3.05, 3.63) is 0 Å². The largest absolute Gasteiger partial charge is 0.316 e. The standard InChI is InChI=1S/C9H18N2/c1-7(2)11-5-8-3-10-4-9(8)6-11/h7-10H,3-6H2,1-2H3/t8-,9+. The van der Waals surface area contributed by atoms with Gasteiger partial charge in [-0.15, -0.1) is 0 Å². The molecule has 2 heteroatoms. The Morgan fingerprint density at radius 3 is 2.18 bits per heavy atom. The van der Waals surface area contributed by atoms with Crippen LogP contribution in [0.4, 0.5) is 0 Å². The summed E-state index contributed by atoms with van der Waals surface area (Å²) in [5.41, 5.74) is 0. The summed E-state index contributed by atoms with van der Waals surface area (Å²) in [7, 11) is 0. The number of hydrogen-bond donors (Lipinski definition) is 1. The molecule has 2 saturated heterocycles. The van der Waals surface area contributed by atoms with Gasteiger partial charge in [0.1, 0.15) is 0 Å². The van der Waals surface area contributed by atoms with Crippen LogP contribution in [-0.4, -0.2) is 37.1 Å². The lowest BCUT2D eigenvalue weighted by atomic mass is 10.0. The normalized spacial score (nSPS) is 38.5. The van der Waals surface area contributed by atoms with Gasteiger partial charge in [0.25, 0.3) is 0 Å². The van der Waals surface area contributed by atoms with Crippen LogP contribution in [0.3, 0.4) is 0 Å². The first-order valence-electron chi connectivity index (χ1n) is 4.72. The van der Waals surface area contributed by atoms with Crippen molar-refractivity contribution in [1.29, 1.82) is 0 Å². The quantitative estimate of drug-likeness (QED) is 0.593. The minimum atomic E-state index is 0.751. The molecule has 0 aliphatic carbocycles. The van der Waals surface area contributed by atoms with Gasteiger partial charge in [0.05, 0.1) is 0 Å². The van der Waals surface area contributed by atoms with Gasteiger partial charge in [0.2, 0.25) is 0 Å². The predicted molar refractivity (Wildman–Crippen MR) is 46.6 cm³/mol. The summed E-state index contributed by atoms with van der Waals surface area (Å²) < 4.78 is 0. The minimum Gasteiger partial charge on any atom is -0.316 e. The molecule has 2 aliphatic rings. The molecule has 0 aromatic carbocycles. The summed E-state index contributed by atoms with van der Waals surface area (Å²) in [4.78, 5) is 2.61. The van der Waals surface area contributed by atoms with Gasteiger partial charge in [-0.05, 0) is 38.8 Å². The molecule has 0 saturated carbocycles. The van der Waals surface area contributed by atoms with Gasteiger partial charge in [-0.3, -0.25) is 0 Å². The third-order valence-corrected chi connectivity index (χ3v) is 3.15. The minimum absolute atomic E-state index is 0.751. The van der Waals surface area contributed by atoms with Crippen LogP contribution in [0.1, 0.15) is 13.8 Å². The SMILES string of the molecule is CC(C)N1C[C@H]2CNC[C@H]2C1. The molecule has 0 amide bonds. The van der Waals surface area contributed by atoms with Crippen molar-refractivity contribution in [2.24, 2.45) is 11.8 Å². The molecule has 2 heterocycles. The van der Waals surface area contributed by atoms with Crippen LogP contribution in [0.15, 0.2) is 0 Å². The van der Waals surface area contributed by atoms with Gasteiger partial charge in [0.15, 0.2) is 0 Å². The Kier molecular flexibility index (Phi) is 1.90. The van der Waals surface area contributed by atoms with Crippen molar-refractivity contribution in [3.63, 3.8) is 0 Å². The van der Waals surface area contributed by atoms with E-state index in [-0.39, 0.29) is 0 Å². The van der Waals surface area contributed by atoms with Gasteiger partial charge < -0.3 is 10.2 Å². The molecule has 2 nitrogen and oxygen atoms in total. The number of hydrogen-bond acceptors (Lipinski definition) is 2. The molecule has 1 N–H and O–H groups in total. The molecule has 0 unspecified atom stereocenters. The van der Waals surface area contributed by atoms with Crippen LogP contribution in [0.5, 0.6) is 0 Å². The molecule has 2 rings (SSSR count). The van der Waals surface area contributed by atoms with Crippen LogP contribution >= 0.6 is 0 Å². The molecule has 0 spiro atoms. The van der Waals surface area contributed by atoms with E-state index < -0.39 is 0 Å². The summed E-state index contributed by atoms with van der Waals surface area (Å²) in [6, 6.07) is 0.751. The Hall–Kier alpha value is -0.0800. The van der Waals surface area contributed by atoms with Crippen molar-refractivity contribution in [1.82, 2.24) is 10.2 Å². The number of nitrogens with one attached hydrogen (secondary N) is 1. The van der Waals surface area contributed by atoms with Gasteiger partial charge in [0, 0.05) is 19.1 Å². The second kappa shape index (κ2) is 2.76. The lowest BCUT2D eigenvalue weighted by Gasteiger charge is -2.20. The third-order valence-electron chi connectivity index (χ3n) is 3.15. The zero-order valence-corrected chi connectivity index (χ0v) is 7.51. The van der Waals surface area contributed by atoms with Crippen molar-refractivity contribution in [2.75, 3.05) is 26.2 Å². The maximum atomic E-state index is 3.46. The fraction of sp³-hybridized carbons (Fsp3) is 1.00. The van der Waals surface area contributed by atoms with E-state index in [0.717, 1.165) is 17.9 Å². The summed E-state index contributed by atoms with van der Waals surface area (Å²) in [5.74, 6) is 1.91. The number of nitrogens with zero attached hydrogens (tertiary/aromatic N) is 1. The Bertz CT molecular complexity index is 132. The van der Waals surface area contributed by atoms with Crippen LogP contribution in [0.2, 0.25) is 0 Å². The van der Waals surface area contributed by atoms with Crippen LogP contribution < -0.4 is 5.32 Å². The third kappa shape index (κ3) is 1.30. The smallest absolute Gasteiger partial charge is 0.00388 e. The lowest BCUT2D eigenvalue weighted by Crippen LogP contribution is -2.31. The van der Waals surface area contributed by atoms with Gasteiger partial charge in [-0.1, -0.05) is 0 Å².